The van der Waals surface area contributed by atoms with Crippen LogP contribution in [0.2, 0.25) is 0 Å². The van der Waals surface area contributed by atoms with E-state index in [-0.39, 0.29) is 36.3 Å². The third-order valence-corrected chi connectivity index (χ3v) is 4.85. The maximum absolute atomic E-state index is 11.0. The first-order valence-electron chi connectivity index (χ1n) is 9.10. The molecule has 1 rings (SSSR count). The fourth-order valence-electron chi connectivity index (χ4n) is 2.34. The fourth-order valence-corrected chi connectivity index (χ4v) is 2.76. The average molecular weight is 511 g/mol. The molecule has 2 N–H and O–H groups in total. The monoisotopic (exact) mass is 511 g/mol. The molecule has 0 aliphatic rings. The Morgan fingerprint density at radius 1 is 1.11 bits per heavy atom. The molecule has 1 aromatic rings. The minimum atomic E-state index is -2.96. The van der Waals surface area contributed by atoms with Gasteiger partial charge in [0.05, 0.1) is 19.0 Å². The molecule has 0 fully saturated rings. The number of sulfone groups is 1. The summed E-state index contributed by atoms with van der Waals surface area (Å²) >= 11 is 0. The van der Waals surface area contributed by atoms with Crippen LogP contribution in [0.5, 0.6) is 0 Å². The number of hydrogen-bond acceptors (Lipinski definition) is 4. The number of aryl methyl sites for hydroxylation is 1. The first-order valence-corrected chi connectivity index (χ1v) is 11.2. The molecule has 0 atom stereocenters. The highest BCUT2D eigenvalue weighted by atomic mass is 127. The van der Waals surface area contributed by atoms with Crippen LogP contribution >= 0.6 is 24.0 Å². The van der Waals surface area contributed by atoms with Crippen LogP contribution in [0.4, 0.5) is 0 Å². The van der Waals surface area contributed by atoms with Crippen LogP contribution in [0, 0.1) is 0 Å². The zero-order valence-electron chi connectivity index (χ0n) is 16.8. The van der Waals surface area contributed by atoms with Gasteiger partial charge in [-0.25, -0.2) is 8.42 Å². The van der Waals surface area contributed by atoms with Gasteiger partial charge in [-0.1, -0.05) is 38.1 Å². The van der Waals surface area contributed by atoms with E-state index in [4.69, 9.17) is 4.74 Å². The molecule has 1 aromatic carbocycles. The largest absolute Gasteiger partial charge is 0.379 e. The summed E-state index contributed by atoms with van der Waals surface area (Å²) in [6.07, 6.45) is 3.25. The molecule has 0 aromatic heterocycles. The van der Waals surface area contributed by atoms with Gasteiger partial charge in [0.25, 0.3) is 0 Å². The molecule has 0 amide bonds. The van der Waals surface area contributed by atoms with Crippen molar-refractivity contribution in [1.82, 2.24) is 10.6 Å². The third kappa shape index (κ3) is 13.0. The van der Waals surface area contributed by atoms with Crippen molar-refractivity contribution in [2.24, 2.45) is 4.99 Å². The molecule has 0 radical (unpaired) electrons. The van der Waals surface area contributed by atoms with Crippen molar-refractivity contribution >= 4 is 39.8 Å². The summed E-state index contributed by atoms with van der Waals surface area (Å²) in [6, 6.07) is 8.82. The predicted octanol–water partition coefficient (Wildman–Crippen LogP) is 2.59. The molecule has 27 heavy (non-hydrogen) atoms. The topological polar surface area (TPSA) is 79.8 Å². The van der Waals surface area contributed by atoms with Gasteiger partial charge in [-0.3, -0.25) is 4.99 Å². The summed E-state index contributed by atoms with van der Waals surface area (Å²) in [4.78, 5) is 4.16. The highest BCUT2D eigenvalue weighted by Crippen LogP contribution is 2.15. The average Bonchev–Trinajstić information content (AvgIpc) is 2.59. The van der Waals surface area contributed by atoms with Crippen LogP contribution < -0.4 is 10.6 Å². The van der Waals surface area contributed by atoms with E-state index >= 15 is 0 Å². The number of hydrogen-bond donors (Lipinski definition) is 2. The molecule has 0 saturated carbocycles. The van der Waals surface area contributed by atoms with Crippen LogP contribution in [0.3, 0.4) is 0 Å². The summed E-state index contributed by atoms with van der Waals surface area (Å²) < 4.78 is 27.3. The number of aliphatic imine (C=N–C) groups is 1. The van der Waals surface area contributed by atoms with Crippen molar-refractivity contribution < 1.29 is 13.2 Å². The second kappa shape index (κ2) is 14.2. The van der Waals surface area contributed by atoms with Gasteiger partial charge >= 0.3 is 0 Å². The van der Waals surface area contributed by atoms with Crippen LogP contribution in [-0.2, 0) is 21.0 Å². The lowest BCUT2D eigenvalue weighted by molar-refractivity contribution is 0.154. The third-order valence-electron chi connectivity index (χ3n) is 3.94. The molecule has 0 bridgehead atoms. The van der Waals surface area contributed by atoms with Crippen LogP contribution in [0.25, 0.3) is 0 Å². The maximum atomic E-state index is 11.0. The summed E-state index contributed by atoms with van der Waals surface area (Å²) in [5, 5.41) is 6.42. The SMILES string of the molecule is CN=C(NCCCc1ccc(C(C)C)cc1)NCCOCCS(C)(=O)=O.I. The number of nitrogens with zero attached hydrogens (tertiary/aromatic N) is 1. The number of rotatable bonds is 11. The van der Waals surface area contributed by atoms with Gasteiger partial charge in [-0.05, 0) is 29.9 Å². The maximum Gasteiger partial charge on any atom is 0.191 e. The van der Waals surface area contributed by atoms with Gasteiger partial charge < -0.3 is 15.4 Å². The number of guanidine groups is 1. The van der Waals surface area contributed by atoms with E-state index in [0.29, 0.717) is 19.1 Å². The van der Waals surface area contributed by atoms with Crippen molar-refractivity contribution in [3.63, 3.8) is 0 Å². The van der Waals surface area contributed by atoms with Gasteiger partial charge in [0.1, 0.15) is 9.84 Å². The van der Waals surface area contributed by atoms with E-state index in [1.54, 1.807) is 7.05 Å². The van der Waals surface area contributed by atoms with Crippen molar-refractivity contribution in [2.75, 3.05) is 45.4 Å². The lowest BCUT2D eigenvalue weighted by Gasteiger charge is -2.12. The van der Waals surface area contributed by atoms with E-state index in [1.807, 2.05) is 0 Å². The first kappa shape index (κ1) is 26.1. The second-order valence-electron chi connectivity index (χ2n) is 6.67. The normalized spacial score (nSPS) is 12.0. The Kier molecular flexibility index (Phi) is 13.7. The molecule has 0 aliphatic carbocycles. The first-order chi connectivity index (χ1) is 12.3. The summed E-state index contributed by atoms with van der Waals surface area (Å²) in [5.74, 6) is 1.35. The smallest absolute Gasteiger partial charge is 0.191 e. The zero-order valence-corrected chi connectivity index (χ0v) is 20.0. The van der Waals surface area contributed by atoms with Gasteiger partial charge in [0, 0.05) is 26.4 Å². The Morgan fingerprint density at radius 2 is 1.74 bits per heavy atom. The quantitative estimate of drug-likeness (QED) is 0.207. The Labute approximate surface area is 181 Å². The van der Waals surface area contributed by atoms with Crippen LogP contribution in [-0.4, -0.2) is 59.7 Å². The van der Waals surface area contributed by atoms with E-state index in [9.17, 15) is 8.42 Å². The van der Waals surface area contributed by atoms with Gasteiger partial charge in [0.2, 0.25) is 0 Å². The Morgan fingerprint density at radius 3 is 2.30 bits per heavy atom. The number of halogens is 1. The van der Waals surface area contributed by atoms with Crippen molar-refractivity contribution in [3.8, 4) is 0 Å². The predicted molar refractivity (Wildman–Crippen MR) is 124 cm³/mol. The summed E-state index contributed by atoms with van der Waals surface area (Å²) in [6.45, 7) is 6.49. The van der Waals surface area contributed by atoms with Gasteiger partial charge in [0.15, 0.2) is 5.96 Å². The Hall–Kier alpha value is -0.870. The molecule has 6 nitrogen and oxygen atoms in total. The zero-order chi connectivity index (χ0) is 19.4. The minimum absolute atomic E-state index is 0. The Balaban J connectivity index is 0.00000676. The highest BCUT2D eigenvalue weighted by Gasteiger charge is 2.02. The molecular formula is C19H34IN3O3S. The van der Waals surface area contributed by atoms with E-state index in [1.165, 1.54) is 17.4 Å². The lowest BCUT2D eigenvalue weighted by atomic mass is 10.0. The fraction of sp³-hybridized carbons (Fsp3) is 0.632. The highest BCUT2D eigenvalue weighted by molar-refractivity contribution is 14.0. The summed E-state index contributed by atoms with van der Waals surface area (Å²) in [5.41, 5.74) is 2.72. The van der Waals surface area contributed by atoms with Gasteiger partial charge in [-0.15, -0.1) is 24.0 Å². The molecule has 0 unspecified atom stereocenters. The number of ether oxygens (including phenoxy) is 1. The van der Waals surface area contributed by atoms with E-state index < -0.39 is 9.84 Å². The molecule has 0 heterocycles. The van der Waals surface area contributed by atoms with Gasteiger partial charge in [-0.2, -0.15) is 0 Å². The van der Waals surface area contributed by atoms with Crippen molar-refractivity contribution in [1.29, 1.82) is 0 Å². The van der Waals surface area contributed by atoms with E-state index in [2.05, 4.69) is 53.7 Å². The van der Waals surface area contributed by atoms with Crippen molar-refractivity contribution in [2.45, 2.75) is 32.6 Å². The molecule has 8 heteroatoms. The molecule has 0 aliphatic heterocycles. The molecule has 0 saturated heterocycles. The van der Waals surface area contributed by atoms with Crippen LogP contribution in [0.15, 0.2) is 29.3 Å². The second-order valence-corrected chi connectivity index (χ2v) is 8.93. The molecular weight excluding hydrogens is 477 g/mol. The standard InChI is InChI=1S/C19H33N3O3S.HI/c1-16(2)18-9-7-17(8-10-18)6-5-11-21-19(20-3)22-12-13-25-14-15-26(4,23)24;/h7-10,16H,5-6,11-15H2,1-4H3,(H2,20,21,22);1H. The number of nitrogens with one attached hydrogen (secondary N) is 2. The number of benzene rings is 1. The Bertz CT molecular complexity index is 647. The molecule has 0 spiro atoms. The summed E-state index contributed by atoms with van der Waals surface area (Å²) in [7, 11) is -1.23. The molecule has 156 valence electrons. The minimum Gasteiger partial charge on any atom is -0.379 e. The van der Waals surface area contributed by atoms with Crippen LogP contribution in [0.1, 0.15) is 37.3 Å². The van der Waals surface area contributed by atoms with E-state index in [0.717, 1.165) is 25.3 Å². The lowest BCUT2D eigenvalue weighted by Crippen LogP contribution is -2.39. The van der Waals surface area contributed by atoms with Crippen molar-refractivity contribution in [3.05, 3.63) is 35.4 Å².